The molecule has 3 fully saturated rings. The molecule has 230 valence electrons. The Kier molecular flexibility index (Phi) is 7.65. The van der Waals surface area contributed by atoms with Gasteiger partial charge in [0.1, 0.15) is 29.1 Å². The molecule has 2 heterocycles. The quantitative estimate of drug-likeness (QED) is 0.320. The van der Waals surface area contributed by atoms with Gasteiger partial charge < -0.3 is 14.8 Å². The normalized spacial score (nSPS) is 25.1. The SMILES string of the molecule is C=CC1C[C@]1(NC(=O)[C@@H]1C[C@@H](Oc2cc(C(F)(F)F)nc3ccccc23)CN1C(=O)OC(=C)C)C(=O)NS(=O)(=O)C1CC1. The minimum absolute atomic E-state index is 0.0264. The molecule has 1 aromatic carbocycles. The van der Waals surface area contributed by atoms with Crippen LogP contribution < -0.4 is 14.8 Å². The van der Waals surface area contributed by atoms with E-state index < -0.39 is 68.7 Å². The minimum Gasteiger partial charge on any atom is -0.488 e. The molecule has 1 aromatic heterocycles. The number of rotatable bonds is 9. The van der Waals surface area contributed by atoms with E-state index in [9.17, 15) is 36.0 Å². The second-order valence-electron chi connectivity index (χ2n) is 10.9. The first kappa shape index (κ1) is 30.3. The predicted octanol–water partition coefficient (Wildman–Crippen LogP) is 3.41. The predicted molar refractivity (Wildman–Crippen MR) is 147 cm³/mol. The molecule has 3 aliphatic rings. The molecular formula is C28H29F3N4O7S. The number of aromatic nitrogens is 1. The monoisotopic (exact) mass is 622 g/mol. The van der Waals surface area contributed by atoms with E-state index in [4.69, 9.17) is 9.47 Å². The fourth-order valence-electron chi connectivity index (χ4n) is 5.13. The van der Waals surface area contributed by atoms with E-state index in [1.165, 1.54) is 31.2 Å². The van der Waals surface area contributed by atoms with Gasteiger partial charge in [0, 0.05) is 23.8 Å². The van der Waals surface area contributed by atoms with Crippen molar-refractivity contribution in [1.29, 1.82) is 0 Å². The summed E-state index contributed by atoms with van der Waals surface area (Å²) < 4.78 is 78.7. The summed E-state index contributed by atoms with van der Waals surface area (Å²) in [7, 11) is -3.91. The van der Waals surface area contributed by atoms with Gasteiger partial charge >= 0.3 is 12.3 Å². The van der Waals surface area contributed by atoms with Gasteiger partial charge in [-0.2, -0.15) is 13.2 Å². The molecule has 11 nitrogen and oxygen atoms in total. The number of benzene rings is 1. The number of hydrogen-bond acceptors (Lipinski definition) is 8. The summed E-state index contributed by atoms with van der Waals surface area (Å²) in [5.41, 5.74) is -2.74. The molecule has 0 bridgehead atoms. The first-order valence-electron chi connectivity index (χ1n) is 13.4. The lowest BCUT2D eigenvalue weighted by molar-refractivity contribution is -0.141. The van der Waals surface area contributed by atoms with Crippen LogP contribution in [0.5, 0.6) is 5.75 Å². The third-order valence-electron chi connectivity index (χ3n) is 7.57. The fourth-order valence-corrected chi connectivity index (χ4v) is 6.49. The number of halogens is 3. The van der Waals surface area contributed by atoms with Gasteiger partial charge in [0.2, 0.25) is 15.9 Å². The number of ether oxygens (including phenoxy) is 2. The molecule has 2 aromatic rings. The van der Waals surface area contributed by atoms with E-state index in [1.807, 2.05) is 4.72 Å². The molecule has 1 aliphatic heterocycles. The maximum Gasteiger partial charge on any atom is 0.433 e. The van der Waals surface area contributed by atoms with Crippen molar-refractivity contribution in [2.45, 2.75) is 61.7 Å². The Morgan fingerprint density at radius 1 is 1.21 bits per heavy atom. The number of carbonyl (C=O) groups excluding carboxylic acids is 3. The van der Waals surface area contributed by atoms with E-state index in [0.29, 0.717) is 18.2 Å². The van der Waals surface area contributed by atoms with Gasteiger partial charge in [0.05, 0.1) is 23.1 Å². The number of nitrogens with one attached hydrogen (secondary N) is 2. The Labute approximate surface area is 245 Å². The van der Waals surface area contributed by atoms with Gasteiger partial charge in [0.25, 0.3) is 5.91 Å². The van der Waals surface area contributed by atoms with Crippen molar-refractivity contribution in [3.8, 4) is 5.75 Å². The number of alkyl halides is 3. The Morgan fingerprint density at radius 2 is 1.91 bits per heavy atom. The van der Waals surface area contributed by atoms with Crippen LogP contribution in [0, 0.1) is 5.92 Å². The summed E-state index contributed by atoms with van der Waals surface area (Å²) in [4.78, 5) is 44.4. The highest BCUT2D eigenvalue weighted by Crippen LogP contribution is 2.45. The summed E-state index contributed by atoms with van der Waals surface area (Å²) in [6.45, 7) is 8.34. The minimum atomic E-state index is -4.76. The average molecular weight is 623 g/mol. The van der Waals surface area contributed by atoms with Crippen molar-refractivity contribution >= 4 is 38.8 Å². The van der Waals surface area contributed by atoms with Crippen LogP contribution in [0.3, 0.4) is 0 Å². The number of nitrogens with zero attached hydrogens (tertiary/aromatic N) is 2. The number of carbonyl (C=O) groups is 3. The Hall–Kier alpha value is -4.14. The van der Waals surface area contributed by atoms with E-state index in [1.54, 1.807) is 6.07 Å². The van der Waals surface area contributed by atoms with Crippen LogP contribution in [-0.4, -0.2) is 65.7 Å². The third-order valence-corrected chi connectivity index (χ3v) is 9.39. The second kappa shape index (κ2) is 10.8. The standard InChI is InChI=1S/C28H29F3N4O7S/c1-4-16-13-27(16,25(37)34-43(39,40)18-9-10-18)33-24(36)21-11-17(14-35(21)26(38)41-15(2)3)42-22-12-23(28(29,30)31)32-20-8-6-5-7-19(20)22/h4-8,12,16-18,21H,1-2,9-11,13-14H2,3H3,(H,33,36)(H,34,37)/t16?,17-,21+,27-/m1/s1. The first-order chi connectivity index (χ1) is 20.1. The molecule has 43 heavy (non-hydrogen) atoms. The Morgan fingerprint density at radius 3 is 2.51 bits per heavy atom. The molecule has 0 radical (unpaired) electrons. The van der Waals surface area contributed by atoms with E-state index >= 15 is 0 Å². The van der Waals surface area contributed by atoms with Gasteiger partial charge in [-0.25, -0.2) is 18.2 Å². The Balaban J connectivity index is 1.40. The van der Waals surface area contributed by atoms with E-state index in [2.05, 4.69) is 23.5 Å². The number of fused-ring (bicyclic) bond motifs is 1. The lowest BCUT2D eigenvalue weighted by Crippen LogP contribution is -2.56. The summed E-state index contributed by atoms with van der Waals surface area (Å²) in [5.74, 6) is -2.41. The molecule has 1 saturated heterocycles. The van der Waals surface area contributed by atoms with Gasteiger partial charge in [-0.15, -0.1) is 6.58 Å². The first-order valence-corrected chi connectivity index (χ1v) is 15.0. The zero-order valence-corrected chi connectivity index (χ0v) is 23.8. The summed E-state index contributed by atoms with van der Waals surface area (Å²) >= 11 is 0. The van der Waals surface area contributed by atoms with Crippen molar-refractivity contribution in [2.75, 3.05) is 6.54 Å². The van der Waals surface area contributed by atoms with Crippen LogP contribution >= 0.6 is 0 Å². The van der Waals surface area contributed by atoms with Crippen LogP contribution in [-0.2, 0) is 30.5 Å². The van der Waals surface area contributed by atoms with E-state index in [-0.39, 0.29) is 36.4 Å². The number of pyridine rings is 1. The summed E-state index contributed by atoms with van der Waals surface area (Å²) in [5, 5.41) is 2.22. The molecule has 2 aliphatic carbocycles. The van der Waals surface area contributed by atoms with Crippen LogP contribution in [0.25, 0.3) is 10.9 Å². The van der Waals surface area contributed by atoms with Gasteiger partial charge in [0.15, 0.2) is 0 Å². The molecule has 2 saturated carbocycles. The molecule has 3 amide bonds. The van der Waals surface area contributed by atoms with Crippen LogP contribution in [0.2, 0.25) is 0 Å². The third kappa shape index (κ3) is 6.17. The summed E-state index contributed by atoms with van der Waals surface area (Å²) in [6, 6.07) is 5.54. The van der Waals surface area contributed by atoms with E-state index in [0.717, 1.165) is 11.0 Å². The highest BCUT2D eigenvalue weighted by atomic mass is 32.2. The van der Waals surface area contributed by atoms with Crippen molar-refractivity contribution in [2.24, 2.45) is 5.92 Å². The van der Waals surface area contributed by atoms with Gasteiger partial charge in [-0.3, -0.25) is 19.2 Å². The number of hydrogen-bond donors (Lipinski definition) is 2. The van der Waals surface area contributed by atoms with Crippen molar-refractivity contribution in [3.63, 3.8) is 0 Å². The molecule has 0 spiro atoms. The average Bonchev–Trinajstić information content (AvgIpc) is 3.84. The number of sulfonamides is 1. The molecule has 4 atom stereocenters. The number of amides is 3. The number of allylic oxidation sites excluding steroid dienone is 1. The maximum absolute atomic E-state index is 13.6. The van der Waals surface area contributed by atoms with Gasteiger partial charge in [-0.05, 0) is 38.3 Å². The Bertz CT molecular complexity index is 1630. The van der Waals surface area contributed by atoms with Crippen molar-refractivity contribution < 1.29 is 45.4 Å². The lowest BCUT2D eigenvalue weighted by Gasteiger charge is -2.25. The molecular weight excluding hydrogens is 593 g/mol. The molecule has 2 N–H and O–H groups in total. The topological polar surface area (TPSA) is 144 Å². The summed E-state index contributed by atoms with van der Waals surface area (Å²) in [6.07, 6.45) is -4.50. The maximum atomic E-state index is 13.6. The lowest BCUT2D eigenvalue weighted by atomic mass is 10.1. The second-order valence-corrected chi connectivity index (χ2v) is 12.9. The fraction of sp³-hybridized carbons (Fsp3) is 0.429. The van der Waals surface area contributed by atoms with Crippen LogP contribution in [0.1, 0.15) is 38.3 Å². The van der Waals surface area contributed by atoms with Crippen LogP contribution in [0.15, 0.2) is 55.3 Å². The number of likely N-dealkylation sites (tertiary alicyclic amines) is 1. The van der Waals surface area contributed by atoms with Crippen LogP contribution in [0.4, 0.5) is 18.0 Å². The smallest absolute Gasteiger partial charge is 0.433 e. The largest absolute Gasteiger partial charge is 0.488 e. The van der Waals surface area contributed by atoms with Crippen molar-refractivity contribution in [1.82, 2.24) is 19.9 Å². The van der Waals surface area contributed by atoms with Gasteiger partial charge in [-0.1, -0.05) is 24.8 Å². The highest BCUT2D eigenvalue weighted by molar-refractivity contribution is 7.91. The molecule has 1 unspecified atom stereocenters. The number of para-hydroxylation sites is 1. The molecule has 15 heteroatoms. The molecule has 5 rings (SSSR count). The highest BCUT2D eigenvalue weighted by Gasteiger charge is 2.62. The van der Waals surface area contributed by atoms with Crippen molar-refractivity contribution in [3.05, 3.63) is 61.0 Å². The zero-order chi connectivity index (χ0) is 31.3. The zero-order valence-electron chi connectivity index (χ0n) is 23.0.